The fraction of sp³-hybridized carbons (Fsp3) is 0.286. The van der Waals surface area contributed by atoms with E-state index >= 15 is 0 Å². The van der Waals surface area contributed by atoms with Crippen LogP contribution < -0.4 is 0 Å². The van der Waals surface area contributed by atoms with E-state index in [1.807, 2.05) is 12.1 Å². The third-order valence-corrected chi connectivity index (χ3v) is 3.58. The first-order chi connectivity index (χ1) is 8.78. The maximum absolute atomic E-state index is 11.0. The van der Waals surface area contributed by atoms with Crippen molar-refractivity contribution in [2.75, 3.05) is 0 Å². The molecule has 1 fully saturated rings. The third kappa shape index (κ3) is 1.95. The van der Waals surface area contributed by atoms with Gasteiger partial charge in [-0.05, 0) is 31.0 Å². The predicted octanol–water partition coefficient (Wildman–Crippen LogP) is 4.08. The minimum absolute atomic E-state index is 0.352. The molecule has 18 heavy (non-hydrogen) atoms. The van der Waals surface area contributed by atoms with Gasteiger partial charge in [-0.15, -0.1) is 0 Å². The molecule has 0 spiro atoms. The number of hydrogen-bond donors (Lipinski definition) is 0. The van der Waals surface area contributed by atoms with Gasteiger partial charge in [0.2, 0.25) is 5.89 Å². The van der Waals surface area contributed by atoms with Gasteiger partial charge >= 0.3 is 0 Å². The van der Waals surface area contributed by atoms with Crippen LogP contribution in [0.5, 0.6) is 0 Å². The summed E-state index contributed by atoms with van der Waals surface area (Å²) in [6, 6.07) is 7.29. The molecule has 1 aliphatic carbocycles. The minimum Gasteiger partial charge on any atom is -0.440 e. The van der Waals surface area contributed by atoms with E-state index in [0.29, 0.717) is 22.5 Å². The normalized spacial score (nSPS) is 15.4. The molecule has 1 aliphatic rings. The molecule has 0 atom stereocenters. The molecular formula is C14H12ClNO2. The molecule has 92 valence electrons. The molecule has 3 rings (SSSR count). The van der Waals surface area contributed by atoms with E-state index in [2.05, 4.69) is 4.98 Å². The number of oxazole rings is 1. The highest BCUT2D eigenvalue weighted by atomic mass is 35.5. The molecule has 1 aromatic heterocycles. The molecule has 1 heterocycles. The van der Waals surface area contributed by atoms with Crippen molar-refractivity contribution < 1.29 is 9.21 Å². The first-order valence-corrected chi connectivity index (χ1v) is 6.37. The number of carbonyl (C=O) groups is 1. The molecule has 1 aromatic carbocycles. The molecule has 0 saturated heterocycles. The third-order valence-electron chi connectivity index (χ3n) is 3.34. The molecule has 0 amide bonds. The van der Waals surface area contributed by atoms with Crippen molar-refractivity contribution in [3.05, 3.63) is 40.7 Å². The van der Waals surface area contributed by atoms with Crippen molar-refractivity contribution in [1.82, 2.24) is 4.98 Å². The highest BCUT2D eigenvalue weighted by Gasteiger charge is 2.27. The van der Waals surface area contributed by atoms with E-state index in [4.69, 9.17) is 16.0 Å². The van der Waals surface area contributed by atoms with E-state index < -0.39 is 0 Å². The van der Waals surface area contributed by atoms with E-state index in [1.54, 1.807) is 12.1 Å². The number of benzene rings is 1. The van der Waals surface area contributed by atoms with Crippen LogP contribution in [0.15, 0.2) is 28.7 Å². The van der Waals surface area contributed by atoms with Gasteiger partial charge in [-0.2, -0.15) is 0 Å². The standard InChI is InChI=1S/C14H12ClNO2/c15-11-6-2-5-10(7-11)14-16-12(8-17)13(18-14)9-3-1-4-9/h2,5-9H,1,3-4H2. The van der Waals surface area contributed by atoms with Gasteiger partial charge in [-0.25, -0.2) is 4.98 Å². The Balaban J connectivity index is 2.02. The molecule has 2 aromatic rings. The van der Waals surface area contributed by atoms with Crippen LogP contribution >= 0.6 is 11.6 Å². The molecule has 0 bridgehead atoms. The van der Waals surface area contributed by atoms with E-state index in [-0.39, 0.29) is 0 Å². The number of carbonyl (C=O) groups excluding carboxylic acids is 1. The van der Waals surface area contributed by atoms with E-state index in [0.717, 1.165) is 30.5 Å². The zero-order chi connectivity index (χ0) is 12.5. The van der Waals surface area contributed by atoms with Gasteiger partial charge in [0.25, 0.3) is 0 Å². The smallest absolute Gasteiger partial charge is 0.227 e. The second-order valence-corrected chi connectivity index (χ2v) is 4.96. The Hall–Kier alpha value is -1.61. The number of hydrogen-bond acceptors (Lipinski definition) is 3. The van der Waals surface area contributed by atoms with Crippen molar-refractivity contribution in [2.45, 2.75) is 25.2 Å². The first kappa shape index (κ1) is 11.5. The van der Waals surface area contributed by atoms with E-state index in [9.17, 15) is 4.79 Å². The van der Waals surface area contributed by atoms with Crippen LogP contribution in [-0.2, 0) is 0 Å². The zero-order valence-electron chi connectivity index (χ0n) is 9.73. The Morgan fingerprint density at radius 2 is 2.22 bits per heavy atom. The monoisotopic (exact) mass is 261 g/mol. The topological polar surface area (TPSA) is 43.1 Å². The molecule has 0 N–H and O–H groups in total. The zero-order valence-corrected chi connectivity index (χ0v) is 10.5. The highest BCUT2D eigenvalue weighted by molar-refractivity contribution is 6.30. The van der Waals surface area contributed by atoms with Crippen LogP contribution in [0.2, 0.25) is 5.02 Å². The Bertz CT molecular complexity index is 587. The lowest BCUT2D eigenvalue weighted by Crippen LogP contribution is -2.09. The van der Waals surface area contributed by atoms with Crippen LogP contribution in [0.4, 0.5) is 0 Å². The van der Waals surface area contributed by atoms with Crippen LogP contribution in [-0.4, -0.2) is 11.3 Å². The summed E-state index contributed by atoms with van der Waals surface area (Å²) >= 11 is 5.94. The molecule has 0 aliphatic heterocycles. The second-order valence-electron chi connectivity index (χ2n) is 4.52. The van der Waals surface area contributed by atoms with Crippen molar-refractivity contribution in [2.24, 2.45) is 0 Å². The van der Waals surface area contributed by atoms with Gasteiger partial charge in [-0.1, -0.05) is 24.1 Å². The average molecular weight is 262 g/mol. The Morgan fingerprint density at radius 3 is 2.83 bits per heavy atom. The fourth-order valence-electron chi connectivity index (χ4n) is 2.14. The largest absolute Gasteiger partial charge is 0.440 e. The maximum Gasteiger partial charge on any atom is 0.227 e. The summed E-state index contributed by atoms with van der Waals surface area (Å²) in [5.74, 6) is 1.55. The fourth-order valence-corrected chi connectivity index (χ4v) is 2.33. The molecule has 1 saturated carbocycles. The highest BCUT2D eigenvalue weighted by Crippen LogP contribution is 2.39. The number of aromatic nitrogens is 1. The van der Waals surface area contributed by atoms with Gasteiger partial charge in [-0.3, -0.25) is 4.79 Å². The van der Waals surface area contributed by atoms with E-state index in [1.165, 1.54) is 6.42 Å². The van der Waals surface area contributed by atoms with Crippen LogP contribution in [0, 0.1) is 0 Å². The Morgan fingerprint density at radius 1 is 1.39 bits per heavy atom. The summed E-state index contributed by atoms with van der Waals surface area (Å²) in [5, 5.41) is 0.628. The van der Waals surface area contributed by atoms with Crippen molar-refractivity contribution in [3.8, 4) is 11.5 Å². The number of aldehydes is 1. The first-order valence-electron chi connectivity index (χ1n) is 6.00. The summed E-state index contributed by atoms with van der Waals surface area (Å²) < 4.78 is 5.75. The maximum atomic E-state index is 11.0. The van der Waals surface area contributed by atoms with Gasteiger partial charge in [0.15, 0.2) is 6.29 Å². The summed E-state index contributed by atoms with van der Waals surface area (Å²) in [6.45, 7) is 0. The molecule has 0 radical (unpaired) electrons. The Kier molecular flexibility index (Phi) is 2.92. The summed E-state index contributed by atoms with van der Waals surface area (Å²) in [6.07, 6.45) is 4.11. The Labute approximate surface area is 110 Å². The van der Waals surface area contributed by atoms with Gasteiger partial charge in [0.1, 0.15) is 11.5 Å². The molecule has 3 nitrogen and oxygen atoms in total. The predicted molar refractivity (Wildman–Crippen MR) is 68.9 cm³/mol. The number of nitrogens with zero attached hydrogens (tertiary/aromatic N) is 1. The van der Waals surface area contributed by atoms with Crippen molar-refractivity contribution in [1.29, 1.82) is 0 Å². The number of rotatable bonds is 3. The minimum atomic E-state index is 0.352. The lowest BCUT2D eigenvalue weighted by atomic mass is 9.83. The molecular weight excluding hydrogens is 250 g/mol. The molecule has 0 unspecified atom stereocenters. The van der Waals surface area contributed by atoms with Gasteiger partial charge < -0.3 is 4.42 Å². The van der Waals surface area contributed by atoms with Crippen LogP contribution in [0.3, 0.4) is 0 Å². The van der Waals surface area contributed by atoms with Crippen molar-refractivity contribution in [3.63, 3.8) is 0 Å². The van der Waals surface area contributed by atoms with Gasteiger partial charge in [0.05, 0.1) is 0 Å². The second kappa shape index (κ2) is 4.58. The summed E-state index contributed by atoms with van der Waals surface area (Å²) in [7, 11) is 0. The average Bonchev–Trinajstić information content (AvgIpc) is 2.71. The lowest BCUT2D eigenvalue weighted by Gasteiger charge is -2.22. The molecule has 4 heteroatoms. The van der Waals surface area contributed by atoms with Crippen LogP contribution in [0.25, 0.3) is 11.5 Å². The van der Waals surface area contributed by atoms with Gasteiger partial charge in [0, 0.05) is 16.5 Å². The quantitative estimate of drug-likeness (QED) is 0.782. The number of halogens is 1. The summed E-state index contributed by atoms with van der Waals surface area (Å²) in [4.78, 5) is 15.3. The lowest BCUT2D eigenvalue weighted by molar-refractivity contribution is 0.111. The SMILES string of the molecule is O=Cc1nc(-c2cccc(Cl)c2)oc1C1CCC1. The van der Waals surface area contributed by atoms with Crippen LogP contribution in [0.1, 0.15) is 41.4 Å². The summed E-state index contributed by atoms with van der Waals surface area (Å²) in [5.41, 5.74) is 1.23. The van der Waals surface area contributed by atoms with Crippen molar-refractivity contribution >= 4 is 17.9 Å².